The zero-order valence-electron chi connectivity index (χ0n) is 18.3. The maximum absolute atomic E-state index is 12.9. The predicted octanol–water partition coefficient (Wildman–Crippen LogP) is 3.78. The molecule has 1 heterocycles. The second-order valence-electron chi connectivity index (χ2n) is 7.79. The molecule has 0 radical (unpaired) electrons. The summed E-state index contributed by atoms with van der Waals surface area (Å²) in [7, 11) is -0.381. The van der Waals surface area contributed by atoms with Crippen LogP contribution < -0.4 is 14.2 Å². The van der Waals surface area contributed by atoms with Gasteiger partial charge in [-0.25, -0.2) is 13.1 Å². The fourth-order valence-corrected chi connectivity index (χ4v) is 5.26. The Kier molecular flexibility index (Phi) is 6.79. The molecule has 32 heavy (non-hydrogen) atoms. The van der Waals surface area contributed by atoms with E-state index in [0.717, 1.165) is 30.6 Å². The van der Waals surface area contributed by atoms with Gasteiger partial charge in [0.05, 0.1) is 19.1 Å². The molecule has 7 heteroatoms. The number of ether oxygens (including phenoxy) is 2. The maximum atomic E-state index is 12.9. The minimum absolute atomic E-state index is 0.141. The smallest absolute Gasteiger partial charge is 0.240 e. The second-order valence-corrected chi connectivity index (χ2v) is 9.56. The van der Waals surface area contributed by atoms with Crippen LogP contribution in [0.2, 0.25) is 0 Å². The van der Waals surface area contributed by atoms with Gasteiger partial charge in [0, 0.05) is 25.7 Å². The molecule has 6 nitrogen and oxygen atoms in total. The molecule has 4 rings (SSSR count). The van der Waals surface area contributed by atoms with Crippen LogP contribution in [0.25, 0.3) is 0 Å². The van der Waals surface area contributed by atoms with Crippen molar-refractivity contribution in [2.45, 2.75) is 23.9 Å². The van der Waals surface area contributed by atoms with Crippen LogP contribution >= 0.6 is 0 Å². The lowest BCUT2D eigenvalue weighted by atomic mass is 9.91. The Hall–Kier alpha value is -2.87. The molecule has 0 aliphatic carbocycles. The number of methoxy groups -OCH3 is 2. The van der Waals surface area contributed by atoms with Crippen molar-refractivity contribution in [2.24, 2.45) is 0 Å². The zero-order chi connectivity index (χ0) is 22.6. The third-order valence-corrected chi connectivity index (χ3v) is 7.30. The van der Waals surface area contributed by atoms with Gasteiger partial charge in [-0.2, -0.15) is 0 Å². The fourth-order valence-electron chi connectivity index (χ4n) is 4.20. The molecule has 3 aromatic rings. The maximum Gasteiger partial charge on any atom is 0.240 e. The van der Waals surface area contributed by atoms with Crippen molar-refractivity contribution in [3.8, 4) is 11.5 Å². The molecule has 3 aromatic carbocycles. The highest BCUT2D eigenvalue weighted by atomic mass is 32.2. The quantitative estimate of drug-likeness (QED) is 0.563. The minimum atomic E-state index is -3.62. The average molecular weight is 453 g/mol. The molecule has 168 valence electrons. The summed E-state index contributed by atoms with van der Waals surface area (Å²) in [5.41, 5.74) is 3.39. The number of rotatable bonds is 8. The summed E-state index contributed by atoms with van der Waals surface area (Å²) in [6, 6.07) is 22.5. The highest BCUT2D eigenvalue weighted by Gasteiger charge is 2.30. The molecule has 1 N–H and O–H groups in total. The van der Waals surface area contributed by atoms with Gasteiger partial charge in [-0.1, -0.05) is 48.5 Å². The topological polar surface area (TPSA) is 67.9 Å². The number of nitrogens with one attached hydrogen (secondary N) is 1. The van der Waals surface area contributed by atoms with E-state index in [-0.39, 0.29) is 17.5 Å². The van der Waals surface area contributed by atoms with Gasteiger partial charge in [0.25, 0.3) is 0 Å². The van der Waals surface area contributed by atoms with Crippen molar-refractivity contribution in [2.75, 3.05) is 27.3 Å². The summed E-state index contributed by atoms with van der Waals surface area (Å²) in [4.78, 5) is 2.58. The highest BCUT2D eigenvalue weighted by molar-refractivity contribution is 7.89. The van der Waals surface area contributed by atoms with E-state index >= 15 is 0 Å². The van der Waals surface area contributed by atoms with Gasteiger partial charge < -0.3 is 9.47 Å². The monoisotopic (exact) mass is 452 g/mol. The zero-order valence-corrected chi connectivity index (χ0v) is 19.1. The van der Waals surface area contributed by atoms with Crippen LogP contribution in [0, 0.1) is 0 Å². The molecule has 1 aliphatic rings. The van der Waals surface area contributed by atoms with Crippen LogP contribution in [0.3, 0.4) is 0 Å². The van der Waals surface area contributed by atoms with E-state index in [2.05, 4.69) is 21.8 Å². The summed E-state index contributed by atoms with van der Waals surface area (Å²) >= 11 is 0. The summed E-state index contributed by atoms with van der Waals surface area (Å²) in [6.45, 7) is 1.80. The number of fused-ring (bicyclic) bond motifs is 1. The molecule has 0 spiro atoms. The van der Waals surface area contributed by atoms with E-state index < -0.39 is 10.0 Å². The normalized spacial score (nSPS) is 16.4. The van der Waals surface area contributed by atoms with Gasteiger partial charge in [-0.3, -0.25) is 4.90 Å². The lowest BCUT2D eigenvalue weighted by Crippen LogP contribution is -2.41. The third-order valence-electron chi connectivity index (χ3n) is 5.86. The molecule has 0 saturated carbocycles. The van der Waals surface area contributed by atoms with Crippen LogP contribution in [0.1, 0.15) is 22.7 Å². The second kappa shape index (κ2) is 9.73. The molecule has 0 aromatic heterocycles. The number of benzene rings is 3. The van der Waals surface area contributed by atoms with E-state index in [4.69, 9.17) is 9.47 Å². The van der Waals surface area contributed by atoms with Gasteiger partial charge >= 0.3 is 0 Å². The Bertz CT molecular complexity index is 1150. The molecule has 1 atom stereocenters. The van der Waals surface area contributed by atoms with Gasteiger partial charge in [0.2, 0.25) is 10.0 Å². The standard InChI is InChI=1S/C25H28N2O4S/c1-30-24-15-20-13-14-27(18-19-9-5-3-6-10-19)23(22(20)16-25(24)31-2)17-26-32(28,29)21-11-7-4-8-12-21/h3-12,15-16,23,26H,13-14,17-18H2,1-2H3. The molecule has 1 unspecified atom stereocenters. The van der Waals surface area contributed by atoms with Crippen molar-refractivity contribution < 1.29 is 17.9 Å². The first-order valence-electron chi connectivity index (χ1n) is 10.6. The number of hydrogen-bond donors (Lipinski definition) is 1. The summed E-state index contributed by atoms with van der Waals surface area (Å²) in [5, 5.41) is 0. The third kappa shape index (κ3) is 4.80. The lowest BCUT2D eigenvalue weighted by Gasteiger charge is -2.38. The van der Waals surface area contributed by atoms with Crippen LogP contribution in [0.15, 0.2) is 77.7 Å². The van der Waals surface area contributed by atoms with E-state index in [0.29, 0.717) is 11.5 Å². The average Bonchev–Trinajstić information content (AvgIpc) is 2.83. The number of sulfonamides is 1. The van der Waals surface area contributed by atoms with E-state index in [1.54, 1.807) is 44.6 Å². The van der Waals surface area contributed by atoms with Gasteiger partial charge in [-0.15, -0.1) is 0 Å². The molecule has 1 aliphatic heterocycles. The first-order valence-corrected chi connectivity index (χ1v) is 12.1. The Balaban J connectivity index is 1.67. The Labute approximate surface area is 189 Å². The SMILES string of the molecule is COc1cc2c(cc1OC)C(CNS(=O)(=O)c1ccccc1)N(Cc1ccccc1)CC2. The Morgan fingerprint density at radius 3 is 2.22 bits per heavy atom. The molecule has 0 saturated heterocycles. The predicted molar refractivity (Wildman–Crippen MR) is 124 cm³/mol. The van der Waals surface area contributed by atoms with E-state index in [1.165, 1.54) is 5.56 Å². The van der Waals surface area contributed by atoms with Gasteiger partial charge in [-0.05, 0) is 47.4 Å². The van der Waals surface area contributed by atoms with Crippen molar-refractivity contribution in [3.63, 3.8) is 0 Å². The first-order chi connectivity index (χ1) is 15.5. The van der Waals surface area contributed by atoms with Crippen molar-refractivity contribution >= 4 is 10.0 Å². The Morgan fingerprint density at radius 2 is 1.56 bits per heavy atom. The summed E-state index contributed by atoms with van der Waals surface area (Å²) in [5.74, 6) is 1.33. The summed E-state index contributed by atoms with van der Waals surface area (Å²) < 4.78 is 39.6. The van der Waals surface area contributed by atoms with E-state index in [9.17, 15) is 8.42 Å². The number of hydrogen-bond acceptors (Lipinski definition) is 5. The van der Waals surface area contributed by atoms with Crippen molar-refractivity contribution in [3.05, 3.63) is 89.5 Å². The largest absolute Gasteiger partial charge is 0.493 e. The van der Waals surface area contributed by atoms with Gasteiger partial charge in [0.1, 0.15) is 0 Å². The molecular formula is C25H28N2O4S. The van der Waals surface area contributed by atoms with Crippen molar-refractivity contribution in [1.29, 1.82) is 0 Å². The molecule has 0 fully saturated rings. The van der Waals surface area contributed by atoms with Crippen LogP contribution in [-0.2, 0) is 23.0 Å². The van der Waals surface area contributed by atoms with Crippen molar-refractivity contribution in [1.82, 2.24) is 9.62 Å². The van der Waals surface area contributed by atoms with Gasteiger partial charge in [0.15, 0.2) is 11.5 Å². The van der Waals surface area contributed by atoms with Crippen LogP contribution in [0.4, 0.5) is 0 Å². The molecule has 0 amide bonds. The summed E-state index contributed by atoms with van der Waals surface area (Å²) in [6.07, 6.45) is 0.852. The fraction of sp³-hybridized carbons (Fsp3) is 0.280. The number of nitrogens with zero attached hydrogens (tertiary/aromatic N) is 1. The highest BCUT2D eigenvalue weighted by Crippen LogP contribution is 2.38. The van der Waals surface area contributed by atoms with Crippen LogP contribution in [-0.4, -0.2) is 40.6 Å². The minimum Gasteiger partial charge on any atom is -0.493 e. The van der Waals surface area contributed by atoms with E-state index in [1.807, 2.05) is 30.3 Å². The lowest BCUT2D eigenvalue weighted by molar-refractivity contribution is 0.176. The van der Waals surface area contributed by atoms with Crippen LogP contribution in [0.5, 0.6) is 11.5 Å². The first kappa shape index (κ1) is 22.3. The molecular weight excluding hydrogens is 424 g/mol. The molecule has 0 bridgehead atoms. The Morgan fingerprint density at radius 1 is 0.938 bits per heavy atom.